The summed E-state index contributed by atoms with van der Waals surface area (Å²) in [6, 6.07) is 12.3. The van der Waals surface area contributed by atoms with Crippen LogP contribution < -0.4 is 5.73 Å². The van der Waals surface area contributed by atoms with Crippen LogP contribution in [0.4, 0.5) is 0 Å². The SMILES string of the molecule is CCc1ccc(CC)c(C(N)c2cccc(Br)c2Cl)c1. The Balaban J connectivity index is 2.51. The Kier molecular flexibility index (Phi) is 5.25. The van der Waals surface area contributed by atoms with Gasteiger partial charge in [0.2, 0.25) is 0 Å². The minimum Gasteiger partial charge on any atom is -0.320 e. The number of hydrogen-bond donors (Lipinski definition) is 1. The van der Waals surface area contributed by atoms with E-state index in [1.807, 2.05) is 18.2 Å². The van der Waals surface area contributed by atoms with Gasteiger partial charge in [-0.1, -0.05) is 55.8 Å². The van der Waals surface area contributed by atoms with Crippen molar-refractivity contribution in [2.24, 2.45) is 5.73 Å². The molecule has 0 amide bonds. The van der Waals surface area contributed by atoms with Crippen LogP contribution in [0.3, 0.4) is 0 Å². The zero-order valence-corrected chi connectivity index (χ0v) is 14.1. The molecule has 106 valence electrons. The first kappa shape index (κ1) is 15.6. The quantitative estimate of drug-likeness (QED) is 0.796. The maximum Gasteiger partial charge on any atom is 0.0599 e. The largest absolute Gasteiger partial charge is 0.320 e. The van der Waals surface area contributed by atoms with E-state index in [-0.39, 0.29) is 6.04 Å². The second-order valence-corrected chi connectivity index (χ2v) is 6.09. The highest BCUT2D eigenvalue weighted by atomic mass is 79.9. The maximum absolute atomic E-state index is 6.48. The van der Waals surface area contributed by atoms with Gasteiger partial charge in [-0.15, -0.1) is 0 Å². The Labute approximate surface area is 134 Å². The second kappa shape index (κ2) is 6.75. The summed E-state index contributed by atoms with van der Waals surface area (Å²) < 4.78 is 0.886. The third kappa shape index (κ3) is 3.08. The van der Waals surface area contributed by atoms with E-state index in [0.717, 1.165) is 22.9 Å². The average molecular weight is 353 g/mol. The molecule has 0 aliphatic carbocycles. The van der Waals surface area contributed by atoms with E-state index in [1.165, 1.54) is 16.7 Å². The van der Waals surface area contributed by atoms with Crippen LogP contribution in [0.25, 0.3) is 0 Å². The van der Waals surface area contributed by atoms with E-state index >= 15 is 0 Å². The van der Waals surface area contributed by atoms with Gasteiger partial charge in [-0.05, 0) is 57.1 Å². The summed E-state index contributed by atoms with van der Waals surface area (Å²) in [5.74, 6) is 0. The van der Waals surface area contributed by atoms with Crippen molar-refractivity contribution < 1.29 is 0 Å². The third-order valence-corrected chi connectivity index (χ3v) is 4.96. The van der Waals surface area contributed by atoms with Crippen molar-refractivity contribution in [3.05, 3.63) is 68.1 Å². The predicted molar refractivity (Wildman–Crippen MR) is 90.4 cm³/mol. The summed E-state index contributed by atoms with van der Waals surface area (Å²) in [6.45, 7) is 4.31. The highest BCUT2D eigenvalue weighted by molar-refractivity contribution is 9.10. The first-order chi connectivity index (χ1) is 9.58. The van der Waals surface area contributed by atoms with Gasteiger partial charge in [-0.2, -0.15) is 0 Å². The van der Waals surface area contributed by atoms with E-state index in [9.17, 15) is 0 Å². The molecule has 3 heteroatoms. The summed E-state index contributed by atoms with van der Waals surface area (Å²) >= 11 is 9.84. The highest BCUT2D eigenvalue weighted by Gasteiger charge is 2.17. The van der Waals surface area contributed by atoms with Gasteiger partial charge in [0.15, 0.2) is 0 Å². The van der Waals surface area contributed by atoms with E-state index < -0.39 is 0 Å². The third-order valence-electron chi connectivity index (χ3n) is 3.65. The number of rotatable bonds is 4. The minimum absolute atomic E-state index is 0.193. The zero-order chi connectivity index (χ0) is 14.7. The van der Waals surface area contributed by atoms with Gasteiger partial charge >= 0.3 is 0 Å². The molecule has 2 N–H and O–H groups in total. The van der Waals surface area contributed by atoms with Crippen LogP contribution in [0.5, 0.6) is 0 Å². The first-order valence-corrected chi connectivity index (χ1v) is 8.06. The van der Waals surface area contributed by atoms with Gasteiger partial charge in [0.1, 0.15) is 0 Å². The van der Waals surface area contributed by atoms with E-state index in [2.05, 4.69) is 48.0 Å². The molecular formula is C17H19BrClN. The van der Waals surface area contributed by atoms with Crippen LogP contribution >= 0.6 is 27.5 Å². The summed E-state index contributed by atoms with van der Waals surface area (Å²) in [7, 11) is 0. The van der Waals surface area contributed by atoms with E-state index in [4.69, 9.17) is 17.3 Å². The molecule has 1 atom stereocenters. The summed E-state index contributed by atoms with van der Waals surface area (Å²) in [4.78, 5) is 0. The molecule has 0 aliphatic rings. The van der Waals surface area contributed by atoms with Crippen molar-refractivity contribution in [2.75, 3.05) is 0 Å². The molecule has 0 saturated heterocycles. The van der Waals surface area contributed by atoms with Crippen LogP contribution in [0, 0.1) is 0 Å². The van der Waals surface area contributed by atoms with Crippen molar-refractivity contribution >= 4 is 27.5 Å². The topological polar surface area (TPSA) is 26.0 Å². The molecule has 1 unspecified atom stereocenters. The summed E-state index contributed by atoms with van der Waals surface area (Å²) in [6.07, 6.45) is 1.98. The van der Waals surface area contributed by atoms with Gasteiger partial charge in [0.05, 0.1) is 11.1 Å². The van der Waals surface area contributed by atoms with Crippen molar-refractivity contribution in [3.63, 3.8) is 0 Å². The van der Waals surface area contributed by atoms with Crippen LogP contribution in [0.1, 0.15) is 42.1 Å². The number of hydrogen-bond acceptors (Lipinski definition) is 1. The lowest BCUT2D eigenvalue weighted by molar-refractivity contribution is 0.844. The van der Waals surface area contributed by atoms with Crippen LogP contribution in [0.15, 0.2) is 40.9 Å². The smallest absolute Gasteiger partial charge is 0.0599 e. The molecular weight excluding hydrogens is 334 g/mol. The van der Waals surface area contributed by atoms with Crippen LogP contribution in [-0.2, 0) is 12.8 Å². The Morgan fingerprint density at radius 2 is 1.85 bits per heavy atom. The highest BCUT2D eigenvalue weighted by Crippen LogP contribution is 2.33. The lowest BCUT2D eigenvalue weighted by Crippen LogP contribution is -2.15. The zero-order valence-electron chi connectivity index (χ0n) is 11.8. The Morgan fingerprint density at radius 3 is 2.50 bits per heavy atom. The summed E-state index contributed by atoms with van der Waals surface area (Å²) in [5.41, 5.74) is 11.2. The minimum atomic E-state index is -0.193. The fraction of sp³-hybridized carbons (Fsp3) is 0.294. The van der Waals surface area contributed by atoms with Crippen molar-refractivity contribution in [3.8, 4) is 0 Å². The van der Waals surface area contributed by atoms with Gasteiger partial charge in [-0.3, -0.25) is 0 Å². The molecule has 1 nitrogen and oxygen atoms in total. The molecule has 0 radical (unpaired) electrons. The Bertz CT molecular complexity index is 610. The number of aryl methyl sites for hydroxylation is 2. The molecule has 0 aromatic heterocycles. The van der Waals surface area contributed by atoms with Crippen LogP contribution in [0.2, 0.25) is 5.02 Å². The average Bonchev–Trinajstić information content (AvgIpc) is 2.48. The molecule has 0 saturated carbocycles. The van der Waals surface area contributed by atoms with Crippen LogP contribution in [-0.4, -0.2) is 0 Å². The monoisotopic (exact) mass is 351 g/mol. The normalized spacial score (nSPS) is 12.4. The second-order valence-electron chi connectivity index (χ2n) is 4.86. The predicted octanol–water partition coefficient (Wildman–Crippen LogP) is 5.28. The molecule has 0 bridgehead atoms. The van der Waals surface area contributed by atoms with Gasteiger partial charge in [0, 0.05) is 4.47 Å². The maximum atomic E-state index is 6.48. The van der Waals surface area contributed by atoms with E-state index in [0.29, 0.717) is 5.02 Å². The Morgan fingerprint density at radius 1 is 1.10 bits per heavy atom. The van der Waals surface area contributed by atoms with Crippen molar-refractivity contribution in [2.45, 2.75) is 32.7 Å². The molecule has 2 rings (SSSR count). The molecule has 2 aromatic rings. The fourth-order valence-electron chi connectivity index (χ4n) is 2.40. The van der Waals surface area contributed by atoms with Gasteiger partial charge in [-0.25, -0.2) is 0 Å². The molecule has 0 heterocycles. The molecule has 0 aliphatic heterocycles. The Hall–Kier alpha value is -0.830. The lowest BCUT2D eigenvalue weighted by Gasteiger charge is -2.19. The molecule has 2 aromatic carbocycles. The fourth-order valence-corrected chi connectivity index (χ4v) is 3.03. The van der Waals surface area contributed by atoms with E-state index in [1.54, 1.807) is 0 Å². The van der Waals surface area contributed by atoms with Crippen molar-refractivity contribution in [1.29, 1.82) is 0 Å². The van der Waals surface area contributed by atoms with Gasteiger partial charge < -0.3 is 5.73 Å². The molecule has 0 spiro atoms. The summed E-state index contributed by atoms with van der Waals surface area (Å²) in [5, 5.41) is 0.698. The lowest BCUT2D eigenvalue weighted by atomic mass is 9.92. The number of halogens is 2. The number of nitrogens with two attached hydrogens (primary N) is 1. The first-order valence-electron chi connectivity index (χ1n) is 6.89. The molecule has 20 heavy (non-hydrogen) atoms. The molecule has 0 fully saturated rings. The van der Waals surface area contributed by atoms with Crippen molar-refractivity contribution in [1.82, 2.24) is 0 Å². The standard InChI is InChI=1S/C17H19BrClN/c1-3-11-8-9-12(4-2)14(10-11)17(20)13-6-5-7-15(18)16(13)19/h5-10,17H,3-4,20H2,1-2H3. The van der Waals surface area contributed by atoms with Gasteiger partial charge in [0.25, 0.3) is 0 Å². The number of benzene rings is 2.